The molecule has 2 fully saturated rings. The summed E-state index contributed by atoms with van der Waals surface area (Å²) in [5.74, 6) is -0.634. The lowest BCUT2D eigenvalue weighted by Gasteiger charge is -2.32. The average molecular weight is 518 g/mol. The molecular weight excluding hydrogens is 489 g/mol. The van der Waals surface area contributed by atoms with Crippen molar-refractivity contribution < 1.29 is 28.6 Å². The number of benzene rings is 2. The van der Waals surface area contributed by atoms with E-state index < -0.39 is 18.0 Å². The lowest BCUT2D eigenvalue weighted by molar-refractivity contribution is -0.136. The van der Waals surface area contributed by atoms with E-state index in [1.165, 1.54) is 29.2 Å². The summed E-state index contributed by atoms with van der Waals surface area (Å²) in [4.78, 5) is 42.5. The molecule has 2 saturated heterocycles. The Morgan fingerprint density at radius 1 is 1.03 bits per heavy atom. The van der Waals surface area contributed by atoms with E-state index in [4.69, 9.17) is 16.3 Å². The van der Waals surface area contributed by atoms with Crippen LogP contribution in [0.1, 0.15) is 31.2 Å². The van der Waals surface area contributed by atoms with Crippen molar-refractivity contribution in [1.29, 1.82) is 0 Å². The molecule has 10 heteroatoms. The van der Waals surface area contributed by atoms with Crippen LogP contribution >= 0.6 is 11.6 Å². The zero-order valence-corrected chi connectivity index (χ0v) is 20.7. The smallest absolute Gasteiger partial charge is 0.415 e. The third-order valence-electron chi connectivity index (χ3n) is 7.01. The molecule has 4 rings (SSSR count). The fourth-order valence-electron chi connectivity index (χ4n) is 5.06. The van der Waals surface area contributed by atoms with Crippen LogP contribution in [0.3, 0.4) is 0 Å². The van der Waals surface area contributed by atoms with E-state index >= 15 is 0 Å². The van der Waals surface area contributed by atoms with Crippen molar-refractivity contribution in [3.8, 4) is 5.75 Å². The number of hydrogen-bond acceptors (Lipinski definition) is 4. The molecule has 2 aliphatic heterocycles. The van der Waals surface area contributed by atoms with Crippen LogP contribution in [0.4, 0.5) is 14.0 Å². The first-order valence-electron chi connectivity index (χ1n) is 12.0. The van der Waals surface area contributed by atoms with Gasteiger partial charge >= 0.3 is 12.2 Å². The molecule has 0 spiro atoms. The van der Waals surface area contributed by atoms with Gasteiger partial charge in [-0.2, -0.15) is 0 Å². The minimum atomic E-state index is -0.969. The Balaban J connectivity index is 1.53. The maximum Gasteiger partial charge on any atom is 0.415 e. The van der Waals surface area contributed by atoms with Crippen molar-refractivity contribution in [2.45, 2.75) is 31.7 Å². The number of ether oxygens (including phenoxy) is 1. The second-order valence-corrected chi connectivity index (χ2v) is 9.56. The molecule has 0 unspecified atom stereocenters. The highest BCUT2D eigenvalue weighted by Gasteiger charge is 2.43. The predicted molar refractivity (Wildman–Crippen MR) is 132 cm³/mol. The van der Waals surface area contributed by atoms with Crippen molar-refractivity contribution >= 4 is 29.7 Å². The predicted octanol–water partition coefficient (Wildman–Crippen LogP) is 4.68. The van der Waals surface area contributed by atoms with E-state index in [0.29, 0.717) is 50.6 Å². The summed E-state index contributed by atoms with van der Waals surface area (Å²) in [6.07, 6.45) is -0.593. The largest absolute Gasteiger partial charge is 0.465 e. The van der Waals surface area contributed by atoms with Crippen molar-refractivity contribution in [3.05, 3.63) is 64.9 Å². The highest BCUT2D eigenvalue weighted by Crippen LogP contribution is 2.34. The second kappa shape index (κ2) is 11.2. The molecule has 192 valence electrons. The van der Waals surface area contributed by atoms with Crippen LogP contribution in [0.2, 0.25) is 5.02 Å². The second-order valence-electron chi connectivity index (χ2n) is 9.12. The first-order chi connectivity index (χ1) is 17.3. The van der Waals surface area contributed by atoms with Gasteiger partial charge in [-0.1, -0.05) is 23.7 Å². The highest BCUT2D eigenvalue weighted by atomic mass is 35.5. The van der Waals surface area contributed by atoms with Gasteiger partial charge in [-0.05, 0) is 61.7 Å². The number of amides is 3. The van der Waals surface area contributed by atoms with Crippen LogP contribution in [-0.4, -0.2) is 76.7 Å². The maximum absolute atomic E-state index is 13.4. The molecule has 2 heterocycles. The number of carbonyl (C=O) groups is 3. The minimum absolute atomic E-state index is 0.0237. The summed E-state index contributed by atoms with van der Waals surface area (Å²) in [7, 11) is 0. The number of hydrogen-bond donors (Lipinski definition) is 1. The number of carbonyl (C=O) groups excluding carboxylic acids is 2. The molecule has 36 heavy (non-hydrogen) atoms. The molecule has 2 aromatic carbocycles. The fraction of sp³-hybridized carbons (Fsp3) is 0.423. The van der Waals surface area contributed by atoms with E-state index in [2.05, 4.69) is 0 Å². The van der Waals surface area contributed by atoms with Crippen LogP contribution in [0.5, 0.6) is 5.75 Å². The summed E-state index contributed by atoms with van der Waals surface area (Å²) in [6, 6.07) is 12.3. The number of rotatable bonds is 5. The Labute approximate surface area is 214 Å². The molecule has 0 bridgehead atoms. The van der Waals surface area contributed by atoms with Crippen LogP contribution in [-0.2, 0) is 4.79 Å². The number of likely N-dealkylation sites (N-methyl/N-ethyl adjacent to an activating group) is 1. The number of likely N-dealkylation sites (tertiary alicyclic amines) is 2. The van der Waals surface area contributed by atoms with Crippen LogP contribution in [0.15, 0.2) is 48.5 Å². The van der Waals surface area contributed by atoms with Gasteiger partial charge in [0.1, 0.15) is 11.6 Å². The Bertz CT molecular complexity index is 1090. The van der Waals surface area contributed by atoms with Gasteiger partial charge in [-0.3, -0.25) is 4.79 Å². The van der Waals surface area contributed by atoms with Gasteiger partial charge < -0.3 is 24.5 Å². The summed E-state index contributed by atoms with van der Waals surface area (Å²) in [6.45, 7) is 3.61. The Hall–Kier alpha value is -3.33. The Morgan fingerprint density at radius 3 is 2.25 bits per heavy atom. The SMILES string of the molecule is CCN(C(=O)Oc1ccc(F)cc1)[C@@H]1CN(C(=O)C2CCN(C(=O)O)CC2)C[C@H]1c1ccc(Cl)cc1. The van der Waals surface area contributed by atoms with Gasteiger partial charge in [-0.25, -0.2) is 14.0 Å². The first-order valence-corrected chi connectivity index (χ1v) is 12.4. The number of halogens is 2. The summed E-state index contributed by atoms with van der Waals surface area (Å²) >= 11 is 6.09. The monoisotopic (exact) mass is 517 g/mol. The molecule has 8 nitrogen and oxygen atoms in total. The molecule has 3 amide bonds. The van der Waals surface area contributed by atoms with Crippen molar-refractivity contribution in [1.82, 2.24) is 14.7 Å². The highest BCUT2D eigenvalue weighted by molar-refractivity contribution is 6.30. The lowest BCUT2D eigenvalue weighted by atomic mass is 9.93. The zero-order valence-electron chi connectivity index (χ0n) is 20.0. The molecule has 0 aromatic heterocycles. The maximum atomic E-state index is 13.4. The van der Waals surface area contributed by atoms with Crippen LogP contribution in [0.25, 0.3) is 0 Å². The standard InChI is InChI=1S/C26H29ClFN3O5/c1-2-31(26(35)36-21-9-7-20(28)8-10-21)23-16-30(15-22(23)17-3-5-19(27)6-4-17)24(32)18-11-13-29(14-12-18)25(33)34/h3-10,18,22-23H,2,11-16H2,1H3,(H,33,34)/t22-,23+/m0/s1. The number of carboxylic acid groups (broad SMARTS) is 1. The van der Waals surface area contributed by atoms with Gasteiger partial charge in [0, 0.05) is 49.6 Å². The van der Waals surface area contributed by atoms with Crippen LogP contribution < -0.4 is 4.74 Å². The molecular formula is C26H29ClFN3O5. The molecule has 0 aliphatic carbocycles. The fourth-order valence-corrected chi connectivity index (χ4v) is 5.18. The molecule has 2 aromatic rings. The van der Waals surface area contributed by atoms with E-state index in [1.54, 1.807) is 21.9 Å². The van der Waals surface area contributed by atoms with Crippen LogP contribution in [0, 0.1) is 11.7 Å². The van der Waals surface area contributed by atoms with Gasteiger partial charge in [0.2, 0.25) is 5.91 Å². The molecule has 2 aliphatic rings. The van der Waals surface area contributed by atoms with Gasteiger partial charge in [0.15, 0.2) is 0 Å². The third-order valence-corrected chi connectivity index (χ3v) is 7.26. The van der Waals surface area contributed by atoms with E-state index in [0.717, 1.165) is 5.56 Å². The Kier molecular flexibility index (Phi) is 7.98. The van der Waals surface area contributed by atoms with Crippen molar-refractivity contribution in [3.63, 3.8) is 0 Å². The van der Waals surface area contributed by atoms with Crippen molar-refractivity contribution in [2.24, 2.45) is 5.92 Å². The summed E-state index contributed by atoms with van der Waals surface area (Å²) in [5, 5.41) is 9.79. The normalized spacial score (nSPS) is 20.3. The molecule has 0 radical (unpaired) electrons. The molecule has 1 N–H and O–H groups in total. The van der Waals surface area contributed by atoms with Gasteiger partial charge in [-0.15, -0.1) is 0 Å². The Morgan fingerprint density at radius 2 is 1.67 bits per heavy atom. The quantitative estimate of drug-likeness (QED) is 0.621. The number of nitrogens with zero attached hydrogens (tertiary/aromatic N) is 3. The average Bonchev–Trinajstić information content (AvgIpc) is 3.31. The number of piperidine rings is 1. The van der Waals surface area contributed by atoms with Crippen molar-refractivity contribution in [2.75, 3.05) is 32.7 Å². The molecule has 2 atom stereocenters. The van der Waals surface area contributed by atoms with Gasteiger partial charge in [0.25, 0.3) is 0 Å². The molecule has 0 saturated carbocycles. The minimum Gasteiger partial charge on any atom is -0.465 e. The summed E-state index contributed by atoms with van der Waals surface area (Å²) in [5.41, 5.74) is 0.952. The van der Waals surface area contributed by atoms with Gasteiger partial charge in [0.05, 0.1) is 6.04 Å². The summed E-state index contributed by atoms with van der Waals surface area (Å²) < 4.78 is 18.8. The first kappa shape index (κ1) is 25.8. The lowest BCUT2D eigenvalue weighted by Crippen LogP contribution is -2.47. The van der Waals surface area contributed by atoms with E-state index in [9.17, 15) is 23.9 Å². The van der Waals surface area contributed by atoms with E-state index in [1.807, 2.05) is 19.1 Å². The topological polar surface area (TPSA) is 90.4 Å². The zero-order chi connectivity index (χ0) is 25.8. The third kappa shape index (κ3) is 5.73. The van der Waals surface area contributed by atoms with E-state index in [-0.39, 0.29) is 29.5 Å².